The van der Waals surface area contributed by atoms with E-state index in [4.69, 9.17) is 22.0 Å². The van der Waals surface area contributed by atoms with E-state index in [1.165, 1.54) is 0 Å². The summed E-state index contributed by atoms with van der Waals surface area (Å²) in [4.78, 5) is 10.8. The maximum Gasteiger partial charge on any atom is 0.307 e. The second-order valence-corrected chi connectivity index (χ2v) is 3.71. The zero-order valence-corrected chi connectivity index (χ0v) is 9.71. The average molecular weight is 238 g/mol. The lowest BCUT2D eigenvalue weighted by atomic mass is 9.95. The average Bonchev–Trinajstić information content (AvgIpc) is 2.28. The van der Waals surface area contributed by atoms with Crippen LogP contribution in [-0.4, -0.2) is 11.1 Å². The second-order valence-electron chi connectivity index (χ2n) is 3.44. The quantitative estimate of drug-likeness (QED) is 0.819. The van der Waals surface area contributed by atoms with Crippen LogP contribution in [0, 0.1) is 11.3 Å². The molecule has 0 spiro atoms. The smallest absolute Gasteiger partial charge is 0.307 e. The van der Waals surface area contributed by atoms with E-state index < -0.39 is 5.97 Å². The van der Waals surface area contributed by atoms with Gasteiger partial charge in [-0.05, 0) is 35.2 Å². The Hall–Kier alpha value is -1.53. The number of aliphatic carboxylic acids is 1. The number of carboxylic acids is 1. The molecule has 0 aliphatic rings. The summed E-state index contributed by atoms with van der Waals surface area (Å²) in [5, 5.41) is 17.7. The first-order chi connectivity index (χ1) is 7.62. The van der Waals surface area contributed by atoms with Crippen LogP contribution < -0.4 is 0 Å². The van der Waals surface area contributed by atoms with Crippen LogP contribution in [0.3, 0.4) is 0 Å². The van der Waals surface area contributed by atoms with Gasteiger partial charge < -0.3 is 5.11 Å². The fourth-order valence-corrected chi connectivity index (χ4v) is 1.91. The van der Waals surface area contributed by atoms with Crippen LogP contribution in [0.15, 0.2) is 12.1 Å². The number of carboxylic acid groups (broad SMARTS) is 1. The molecule has 1 aromatic rings. The molecular weight excluding hydrogens is 226 g/mol. The number of nitrogens with zero attached hydrogens (tertiary/aromatic N) is 1. The highest BCUT2D eigenvalue weighted by Gasteiger charge is 2.12. The molecule has 0 radical (unpaired) electrons. The third kappa shape index (κ3) is 2.74. The first-order valence-electron chi connectivity index (χ1n) is 4.94. The van der Waals surface area contributed by atoms with Crippen molar-refractivity contribution in [1.82, 2.24) is 0 Å². The topological polar surface area (TPSA) is 61.1 Å². The Morgan fingerprint density at radius 3 is 2.56 bits per heavy atom. The summed E-state index contributed by atoms with van der Waals surface area (Å²) in [6, 6.07) is 5.44. The third-order valence-corrected chi connectivity index (χ3v) is 2.70. The van der Waals surface area contributed by atoms with Gasteiger partial charge in [0.15, 0.2) is 0 Å². The summed E-state index contributed by atoms with van der Waals surface area (Å²) in [7, 11) is 0. The van der Waals surface area contributed by atoms with Crippen molar-refractivity contribution in [3.63, 3.8) is 0 Å². The van der Waals surface area contributed by atoms with E-state index in [1.54, 1.807) is 12.1 Å². The summed E-state index contributed by atoms with van der Waals surface area (Å²) in [6.45, 7) is 1.93. The molecule has 0 amide bonds. The maximum absolute atomic E-state index is 10.8. The van der Waals surface area contributed by atoms with Crippen molar-refractivity contribution in [3.05, 3.63) is 34.4 Å². The first kappa shape index (κ1) is 12.5. The number of benzene rings is 1. The van der Waals surface area contributed by atoms with Crippen LogP contribution in [0.2, 0.25) is 0 Å². The van der Waals surface area contributed by atoms with E-state index in [-0.39, 0.29) is 12.3 Å². The monoisotopic (exact) mass is 237 g/mol. The van der Waals surface area contributed by atoms with Crippen molar-refractivity contribution in [2.24, 2.45) is 0 Å². The predicted molar refractivity (Wildman–Crippen MR) is 61.4 cm³/mol. The van der Waals surface area contributed by atoms with E-state index >= 15 is 0 Å². The molecule has 4 heteroatoms. The molecule has 16 heavy (non-hydrogen) atoms. The number of nitriles is 1. The summed E-state index contributed by atoms with van der Waals surface area (Å²) >= 11 is 5.77. The molecule has 0 aliphatic heterocycles. The summed E-state index contributed by atoms with van der Waals surface area (Å²) in [5.74, 6) is -0.656. The minimum atomic E-state index is -0.884. The zero-order chi connectivity index (χ0) is 12.1. The minimum Gasteiger partial charge on any atom is -0.481 e. The lowest BCUT2D eigenvalue weighted by Gasteiger charge is -2.11. The van der Waals surface area contributed by atoms with E-state index in [0.717, 1.165) is 16.7 Å². The number of carbonyl (C=O) groups is 1. The molecule has 0 atom stereocenters. The zero-order valence-electron chi connectivity index (χ0n) is 8.96. The third-order valence-electron chi connectivity index (χ3n) is 2.42. The van der Waals surface area contributed by atoms with Gasteiger partial charge in [-0.3, -0.25) is 4.79 Å². The predicted octanol–water partition coefficient (Wildman–Crippen LogP) is 2.49. The van der Waals surface area contributed by atoms with Crippen LogP contribution in [0.4, 0.5) is 0 Å². The fraction of sp³-hybridized carbons (Fsp3) is 0.333. The van der Waals surface area contributed by atoms with Gasteiger partial charge >= 0.3 is 5.97 Å². The lowest BCUT2D eigenvalue weighted by Crippen LogP contribution is -2.07. The van der Waals surface area contributed by atoms with Crippen molar-refractivity contribution in [3.8, 4) is 6.07 Å². The molecule has 84 valence electrons. The number of alkyl halides is 1. The van der Waals surface area contributed by atoms with Gasteiger partial charge in [0.25, 0.3) is 0 Å². The molecule has 0 fully saturated rings. The van der Waals surface area contributed by atoms with Gasteiger partial charge in [0, 0.05) is 5.88 Å². The molecular formula is C12H12ClNO2. The van der Waals surface area contributed by atoms with Gasteiger partial charge in [0.05, 0.1) is 18.1 Å². The maximum atomic E-state index is 10.8. The van der Waals surface area contributed by atoms with Crippen molar-refractivity contribution < 1.29 is 9.90 Å². The Balaban J connectivity index is 3.32. The molecule has 1 aromatic carbocycles. The molecule has 0 aromatic heterocycles. The van der Waals surface area contributed by atoms with Crippen LogP contribution in [0.25, 0.3) is 0 Å². The number of rotatable bonds is 4. The van der Waals surface area contributed by atoms with Gasteiger partial charge in [-0.2, -0.15) is 5.26 Å². The molecule has 0 bridgehead atoms. The molecule has 3 nitrogen and oxygen atoms in total. The molecule has 1 rings (SSSR count). The Bertz CT molecular complexity index is 424. The standard InChI is InChI=1S/C12H12ClNO2/c1-2-9-3-8(7-14)4-10(6-13)11(9)5-12(15)16/h3-4H,2,5-6H2,1H3,(H,15,16). The molecule has 0 saturated carbocycles. The highest BCUT2D eigenvalue weighted by Crippen LogP contribution is 2.21. The fourth-order valence-electron chi connectivity index (χ4n) is 1.68. The van der Waals surface area contributed by atoms with Gasteiger partial charge in [-0.1, -0.05) is 6.92 Å². The molecule has 0 heterocycles. The normalized spacial score (nSPS) is 9.81. The highest BCUT2D eigenvalue weighted by molar-refractivity contribution is 6.17. The second kappa shape index (κ2) is 5.53. The Morgan fingerprint density at radius 1 is 1.50 bits per heavy atom. The lowest BCUT2D eigenvalue weighted by molar-refractivity contribution is -0.136. The molecule has 0 aliphatic carbocycles. The van der Waals surface area contributed by atoms with Gasteiger partial charge in [0.2, 0.25) is 0 Å². The van der Waals surface area contributed by atoms with E-state index in [2.05, 4.69) is 6.07 Å². The van der Waals surface area contributed by atoms with Crippen molar-refractivity contribution in [2.75, 3.05) is 0 Å². The van der Waals surface area contributed by atoms with Crippen molar-refractivity contribution in [2.45, 2.75) is 25.6 Å². The highest BCUT2D eigenvalue weighted by atomic mass is 35.5. The Labute approximate surface area is 99.3 Å². The summed E-state index contributed by atoms with van der Waals surface area (Å²) in [6.07, 6.45) is 0.652. The number of halogens is 1. The van der Waals surface area contributed by atoms with Crippen molar-refractivity contribution in [1.29, 1.82) is 5.26 Å². The van der Waals surface area contributed by atoms with E-state index in [0.29, 0.717) is 12.0 Å². The molecule has 0 unspecified atom stereocenters. The van der Waals surface area contributed by atoms with Gasteiger partial charge in [0.1, 0.15) is 0 Å². The number of hydrogen-bond donors (Lipinski definition) is 1. The van der Waals surface area contributed by atoms with Crippen LogP contribution in [0.1, 0.15) is 29.2 Å². The number of hydrogen-bond acceptors (Lipinski definition) is 2. The molecule has 1 N–H and O–H groups in total. The van der Waals surface area contributed by atoms with E-state index in [9.17, 15) is 4.79 Å². The van der Waals surface area contributed by atoms with Crippen LogP contribution >= 0.6 is 11.6 Å². The summed E-state index contributed by atoms with van der Waals surface area (Å²) < 4.78 is 0. The first-order valence-corrected chi connectivity index (χ1v) is 5.48. The minimum absolute atomic E-state index is 0.0447. The van der Waals surface area contributed by atoms with Gasteiger partial charge in [-0.15, -0.1) is 11.6 Å². The Morgan fingerprint density at radius 2 is 2.12 bits per heavy atom. The van der Waals surface area contributed by atoms with Crippen molar-refractivity contribution >= 4 is 17.6 Å². The Kier molecular flexibility index (Phi) is 4.33. The largest absolute Gasteiger partial charge is 0.481 e. The van der Waals surface area contributed by atoms with Gasteiger partial charge in [-0.25, -0.2) is 0 Å². The van der Waals surface area contributed by atoms with E-state index in [1.807, 2.05) is 6.92 Å². The summed E-state index contributed by atoms with van der Waals surface area (Å²) in [5.41, 5.74) is 2.89. The number of aryl methyl sites for hydroxylation is 1. The molecule has 0 saturated heterocycles. The van der Waals surface area contributed by atoms with Crippen LogP contribution in [-0.2, 0) is 23.5 Å². The SMILES string of the molecule is CCc1cc(C#N)cc(CCl)c1CC(=O)O. The van der Waals surface area contributed by atoms with Crippen LogP contribution in [0.5, 0.6) is 0 Å².